The molecular formula is C8H10PS+. The van der Waals surface area contributed by atoms with Gasteiger partial charge in [-0.05, 0) is 24.6 Å². The fourth-order valence-corrected chi connectivity index (χ4v) is 1.85. The third-order valence-corrected chi connectivity index (χ3v) is 3.00. The summed E-state index contributed by atoms with van der Waals surface area (Å²) in [5.41, 5.74) is 1.30. The molecule has 52 valence electrons. The van der Waals surface area contributed by atoms with Gasteiger partial charge in [0, 0.05) is 0 Å². The average molecular weight is 169 g/mol. The first-order valence-electron chi connectivity index (χ1n) is 3.17. The Bertz CT molecular complexity index is 255. The standard InChI is InChI=1S/C8H10PS/c1-7-4-3-5-8(6-7)9(2)10/h3-6H,1-2H3/q+1. The summed E-state index contributed by atoms with van der Waals surface area (Å²) >= 11 is 5.17. The molecular weight excluding hydrogens is 159 g/mol. The lowest BCUT2D eigenvalue weighted by molar-refractivity contribution is 1.50. The largest absolute Gasteiger partial charge is 0.209 e. The van der Waals surface area contributed by atoms with Crippen molar-refractivity contribution in [1.82, 2.24) is 0 Å². The highest BCUT2D eigenvalue weighted by Gasteiger charge is 2.04. The zero-order chi connectivity index (χ0) is 7.56. The van der Waals surface area contributed by atoms with Crippen molar-refractivity contribution in [1.29, 1.82) is 0 Å². The van der Waals surface area contributed by atoms with E-state index in [1.807, 2.05) is 0 Å². The van der Waals surface area contributed by atoms with Crippen molar-refractivity contribution in [2.75, 3.05) is 6.66 Å². The Balaban J connectivity index is 3.07. The first-order chi connectivity index (χ1) is 4.70. The maximum atomic E-state index is 5.17. The van der Waals surface area contributed by atoms with Crippen LogP contribution in [0.15, 0.2) is 24.3 Å². The Kier molecular flexibility index (Phi) is 2.53. The van der Waals surface area contributed by atoms with Crippen molar-refractivity contribution in [3.63, 3.8) is 0 Å². The number of hydrogen-bond acceptors (Lipinski definition) is 1. The summed E-state index contributed by atoms with van der Waals surface area (Å²) in [5.74, 6) is 0. The number of benzene rings is 1. The maximum Gasteiger partial charge on any atom is 0.209 e. The lowest BCUT2D eigenvalue weighted by Crippen LogP contribution is -1.93. The zero-order valence-electron chi connectivity index (χ0n) is 6.16. The van der Waals surface area contributed by atoms with E-state index >= 15 is 0 Å². The lowest BCUT2D eigenvalue weighted by Gasteiger charge is -1.89. The van der Waals surface area contributed by atoms with Gasteiger partial charge in [0.25, 0.3) is 0 Å². The lowest BCUT2D eigenvalue weighted by atomic mass is 10.2. The Labute approximate surface area is 67.7 Å². The highest BCUT2D eigenvalue weighted by molar-refractivity contribution is 8.08. The molecule has 0 amide bonds. The molecule has 0 saturated heterocycles. The highest BCUT2D eigenvalue weighted by atomic mass is 32.4. The second-order valence-corrected chi connectivity index (χ2v) is 5.49. The Morgan fingerprint density at radius 1 is 1.40 bits per heavy atom. The topological polar surface area (TPSA) is 0 Å². The van der Waals surface area contributed by atoms with Gasteiger partial charge in [0.05, 0.1) is 0 Å². The number of hydrogen-bond donors (Lipinski definition) is 0. The van der Waals surface area contributed by atoms with Gasteiger partial charge in [-0.3, -0.25) is 0 Å². The normalized spacial score (nSPS) is 11.2. The number of aryl methyl sites for hydroxylation is 1. The molecule has 0 bridgehead atoms. The minimum absolute atomic E-state index is 0.328. The van der Waals surface area contributed by atoms with Crippen LogP contribution in [-0.4, -0.2) is 6.66 Å². The summed E-state index contributed by atoms with van der Waals surface area (Å²) in [5, 5.41) is 1.31. The molecule has 0 aliphatic carbocycles. The van der Waals surface area contributed by atoms with Crippen molar-refractivity contribution >= 4 is 23.8 Å². The highest BCUT2D eigenvalue weighted by Crippen LogP contribution is 2.13. The third kappa shape index (κ3) is 1.86. The summed E-state index contributed by atoms with van der Waals surface area (Å²) in [6.45, 7) is 3.86. The molecule has 1 rings (SSSR count). The number of rotatable bonds is 1. The zero-order valence-corrected chi connectivity index (χ0v) is 7.88. The van der Waals surface area contributed by atoms with Gasteiger partial charge in [0.2, 0.25) is 6.70 Å². The van der Waals surface area contributed by atoms with E-state index in [9.17, 15) is 0 Å². The molecule has 1 aromatic rings. The molecule has 0 heterocycles. The first kappa shape index (κ1) is 7.84. The predicted octanol–water partition coefficient (Wildman–Crippen LogP) is 2.19. The fourth-order valence-electron chi connectivity index (χ4n) is 0.824. The molecule has 0 N–H and O–H groups in total. The van der Waals surface area contributed by atoms with E-state index in [1.54, 1.807) is 0 Å². The van der Waals surface area contributed by atoms with Crippen LogP contribution < -0.4 is 5.30 Å². The van der Waals surface area contributed by atoms with Gasteiger partial charge >= 0.3 is 0 Å². The molecule has 0 saturated carbocycles. The summed E-state index contributed by atoms with van der Waals surface area (Å²) in [7, 11) is 0. The summed E-state index contributed by atoms with van der Waals surface area (Å²) in [6, 6.07) is 8.43. The van der Waals surface area contributed by atoms with Crippen LogP contribution in [0.5, 0.6) is 0 Å². The van der Waals surface area contributed by atoms with E-state index in [0.717, 1.165) is 0 Å². The molecule has 1 aromatic carbocycles. The second-order valence-electron chi connectivity index (χ2n) is 2.34. The van der Waals surface area contributed by atoms with Crippen molar-refractivity contribution in [2.45, 2.75) is 6.92 Å². The van der Waals surface area contributed by atoms with Gasteiger partial charge < -0.3 is 0 Å². The molecule has 0 aliphatic heterocycles. The average Bonchev–Trinajstić information content (AvgIpc) is 1.88. The molecule has 1 unspecified atom stereocenters. The fraction of sp³-hybridized carbons (Fsp3) is 0.250. The molecule has 0 fully saturated rings. The summed E-state index contributed by atoms with van der Waals surface area (Å²) in [4.78, 5) is 0. The Morgan fingerprint density at radius 3 is 2.50 bits per heavy atom. The first-order valence-corrected chi connectivity index (χ1v) is 5.98. The molecule has 0 aliphatic rings. The van der Waals surface area contributed by atoms with Gasteiger partial charge in [0.1, 0.15) is 6.66 Å². The van der Waals surface area contributed by atoms with E-state index in [1.165, 1.54) is 10.9 Å². The Morgan fingerprint density at radius 2 is 2.10 bits per heavy atom. The third-order valence-electron chi connectivity index (χ3n) is 1.37. The van der Waals surface area contributed by atoms with Crippen LogP contribution in [-0.2, 0) is 11.8 Å². The minimum Gasteiger partial charge on any atom is -0.0590 e. The molecule has 0 spiro atoms. The van der Waals surface area contributed by atoms with Crippen LogP contribution in [0.2, 0.25) is 0 Å². The van der Waals surface area contributed by atoms with Crippen LogP contribution in [0.4, 0.5) is 0 Å². The Hall–Kier alpha value is -0.260. The van der Waals surface area contributed by atoms with Crippen LogP contribution >= 0.6 is 6.70 Å². The molecule has 10 heavy (non-hydrogen) atoms. The maximum absolute atomic E-state index is 5.17. The predicted molar refractivity (Wildman–Crippen MR) is 51.0 cm³/mol. The summed E-state index contributed by atoms with van der Waals surface area (Å²) < 4.78 is 0. The van der Waals surface area contributed by atoms with Crippen molar-refractivity contribution in [3.8, 4) is 0 Å². The summed E-state index contributed by atoms with van der Waals surface area (Å²) in [6.07, 6.45) is 0. The van der Waals surface area contributed by atoms with Gasteiger partial charge in [-0.15, -0.1) is 0 Å². The molecule has 2 heteroatoms. The van der Waals surface area contributed by atoms with Gasteiger partial charge in [0.15, 0.2) is 17.1 Å². The SMILES string of the molecule is Cc1cccc([P+](C)=S)c1. The molecule has 1 atom stereocenters. The minimum atomic E-state index is -0.328. The van der Waals surface area contributed by atoms with Crippen molar-refractivity contribution < 1.29 is 0 Å². The molecule has 0 aromatic heterocycles. The quantitative estimate of drug-likeness (QED) is 0.581. The van der Waals surface area contributed by atoms with Crippen LogP contribution in [0.3, 0.4) is 0 Å². The van der Waals surface area contributed by atoms with E-state index in [4.69, 9.17) is 11.8 Å². The second kappa shape index (κ2) is 3.23. The van der Waals surface area contributed by atoms with Crippen LogP contribution in [0.1, 0.15) is 5.56 Å². The monoisotopic (exact) mass is 169 g/mol. The smallest absolute Gasteiger partial charge is 0.0590 e. The van der Waals surface area contributed by atoms with Gasteiger partial charge in [-0.2, -0.15) is 0 Å². The van der Waals surface area contributed by atoms with Gasteiger partial charge in [-0.1, -0.05) is 12.1 Å². The van der Waals surface area contributed by atoms with Crippen LogP contribution in [0.25, 0.3) is 0 Å². The molecule has 0 nitrogen and oxygen atoms in total. The van der Waals surface area contributed by atoms with Gasteiger partial charge in [-0.25, -0.2) is 0 Å². The molecule has 0 radical (unpaired) electrons. The van der Waals surface area contributed by atoms with E-state index in [-0.39, 0.29) is 6.70 Å². The van der Waals surface area contributed by atoms with E-state index in [0.29, 0.717) is 0 Å². The van der Waals surface area contributed by atoms with E-state index < -0.39 is 0 Å². The van der Waals surface area contributed by atoms with Crippen molar-refractivity contribution in [2.24, 2.45) is 0 Å². The van der Waals surface area contributed by atoms with E-state index in [2.05, 4.69) is 37.9 Å². The van der Waals surface area contributed by atoms with Crippen LogP contribution in [0, 0.1) is 6.92 Å². The van der Waals surface area contributed by atoms with Crippen molar-refractivity contribution in [3.05, 3.63) is 29.8 Å².